The Hall–Kier alpha value is -1.57. The highest BCUT2D eigenvalue weighted by atomic mass is 32.2. The SMILES string of the molecule is CCC1CC(CC(C)(CC)C(N)=O)CC(C)C1NC.CNc1ccccc1SN(C)C(C)(C)C=O. The fraction of sp³-hybridized carbons (Fsp3) is 0.714. The van der Waals surface area contributed by atoms with Crippen molar-refractivity contribution in [3.63, 3.8) is 0 Å². The highest BCUT2D eigenvalue weighted by Crippen LogP contribution is 2.42. The van der Waals surface area contributed by atoms with E-state index in [0.29, 0.717) is 17.9 Å². The second-order valence-electron chi connectivity index (χ2n) is 10.9. The third-order valence-electron chi connectivity index (χ3n) is 7.93. The summed E-state index contributed by atoms with van der Waals surface area (Å²) in [6.07, 6.45) is 6.42. The average molecular weight is 507 g/mol. The third kappa shape index (κ3) is 8.80. The highest BCUT2D eigenvalue weighted by molar-refractivity contribution is 7.97. The number of nitrogens with two attached hydrogens (primary N) is 1. The minimum atomic E-state index is -0.467. The van der Waals surface area contributed by atoms with Crippen molar-refractivity contribution < 1.29 is 9.59 Å². The molecule has 0 bridgehead atoms. The molecule has 1 amide bonds. The van der Waals surface area contributed by atoms with Gasteiger partial charge in [-0.3, -0.25) is 4.79 Å². The molecule has 7 heteroatoms. The minimum Gasteiger partial charge on any atom is -0.387 e. The summed E-state index contributed by atoms with van der Waals surface area (Å²) >= 11 is 1.57. The summed E-state index contributed by atoms with van der Waals surface area (Å²) in [6, 6.07) is 8.66. The van der Waals surface area contributed by atoms with Crippen molar-refractivity contribution in [1.82, 2.24) is 9.62 Å². The predicted molar refractivity (Wildman–Crippen MR) is 150 cm³/mol. The van der Waals surface area contributed by atoms with Crippen LogP contribution in [0.1, 0.15) is 73.6 Å². The largest absolute Gasteiger partial charge is 0.387 e. The Morgan fingerprint density at radius 3 is 2.31 bits per heavy atom. The molecule has 1 saturated carbocycles. The fourth-order valence-electron chi connectivity index (χ4n) is 5.06. The second-order valence-corrected chi connectivity index (χ2v) is 12.1. The molecule has 0 radical (unpaired) electrons. The number of aldehydes is 1. The van der Waals surface area contributed by atoms with Crippen molar-refractivity contribution in [1.29, 1.82) is 0 Å². The lowest BCUT2D eigenvalue weighted by molar-refractivity contribution is -0.128. The number of para-hydroxylation sites is 1. The first-order valence-electron chi connectivity index (χ1n) is 13.0. The summed E-state index contributed by atoms with van der Waals surface area (Å²) in [5.41, 5.74) is 5.88. The molecule has 1 aromatic carbocycles. The second kappa shape index (κ2) is 14.2. The molecule has 0 aliphatic heterocycles. The van der Waals surface area contributed by atoms with E-state index in [0.717, 1.165) is 35.6 Å². The van der Waals surface area contributed by atoms with Crippen LogP contribution in [0.25, 0.3) is 0 Å². The Bertz CT molecular complexity index is 803. The molecule has 4 N–H and O–H groups in total. The van der Waals surface area contributed by atoms with Gasteiger partial charge in [0.2, 0.25) is 5.91 Å². The van der Waals surface area contributed by atoms with Crippen molar-refractivity contribution in [2.24, 2.45) is 28.9 Å². The molecule has 35 heavy (non-hydrogen) atoms. The van der Waals surface area contributed by atoms with E-state index >= 15 is 0 Å². The first-order chi connectivity index (χ1) is 16.4. The van der Waals surface area contributed by atoms with E-state index in [1.165, 1.54) is 19.3 Å². The topological polar surface area (TPSA) is 87.5 Å². The standard InChI is InChI=1S/C16H32N2O.C12H18N2OS/c1-6-13-9-12(8-11(3)14(13)18-5)10-16(4,7-2)15(17)19;1-12(2,9-15)14(4)16-11-8-6-5-7-10(11)13-3/h11-14,18H,6-10H2,1-5H3,(H2,17,19);5-9,13H,1-4H3. The zero-order valence-electron chi connectivity index (χ0n) is 23.5. The molecule has 0 aromatic heterocycles. The summed E-state index contributed by atoms with van der Waals surface area (Å²) in [7, 11) is 5.89. The molecule has 1 fully saturated rings. The van der Waals surface area contributed by atoms with Crippen LogP contribution >= 0.6 is 11.9 Å². The lowest BCUT2D eigenvalue weighted by Crippen LogP contribution is -2.45. The van der Waals surface area contributed by atoms with Gasteiger partial charge in [0.05, 0.1) is 5.54 Å². The third-order valence-corrected chi connectivity index (χ3v) is 9.22. The molecule has 0 spiro atoms. The Labute approximate surface area is 218 Å². The number of benzene rings is 1. The maximum Gasteiger partial charge on any atom is 0.223 e. The first-order valence-corrected chi connectivity index (χ1v) is 13.8. The molecule has 5 atom stereocenters. The van der Waals surface area contributed by atoms with Crippen LogP contribution in [0.4, 0.5) is 5.69 Å². The Kier molecular flexibility index (Phi) is 12.8. The van der Waals surface area contributed by atoms with Gasteiger partial charge in [-0.2, -0.15) is 0 Å². The number of likely N-dealkylation sites (N-methyl/N-ethyl adjacent to an activating group) is 1. The van der Waals surface area contributed by atoms with Crippen LogP contribution in [0.5, 0.6) is 0 Å². The number of rotatable bonds is 11. The molecule has 2 rings (SSSR count). The van der Waals surface area contributed by atoms with E-state index in [2.05, 4.69) is 38.5 Å². The van der Waals surface area contributed by atoms with Crippen LogP contribution in [0.3, 0.4) is 0 Å². The number of hydrogen-bond donors (Lipinski definition) is 3. The van der Waals surface area contributed by atoms with Crippen LogP contribution in [0.15, 0.2) is 29.2 Å². The smallest absolute Gasteiger partial charge is 0.223 e. The zero-order chi connectivity index (χ0) is 26.8. The molecular weight excluding hydrogens is 456 g/mol. The summed E-state index contributed by atoms with van der Waals surface area (Å²) in [4.78, 5) is 23.7. The molecule has 1 aromatic rings. The van der Waals surface area contributed by atoms with Crippen molar-refractivity contribution >= 4 is 29.8 Å². The molecule has 1 aliphatic carbocycles. The van der Waals surface area contributed by atoms with Crippen molar-refractivity contribution in [3.8, 4) is 0 Å². The number of carbonyl (C=O) groups is 2. The quantitative estimate of drug-likeness (QED) is 0.268. The number of anilines is 1. The van der Waals surface area contributed by atoms with Gasteiger partial charge >= 0.3 is 0 Å². The fourth-order valence-corrected chi connectivity index (χ4v) is 6.05. The van der Waals surface area contributed by atoms with Crippen LogP contribution in [0, 0.1) is 23.2 Å². The van der Waals surface area contributed by atoms with Crippen molar-refractivity contribution in [3.05, 3.63) is 24.3 Å². The Balaban J connectivity index is 0.000000355. The van der Waals surface area contributed by atoms with Gasteiger partial charge in [-0.15, -0.1) is 0 Å². The Morgan fingerprint density at radius 1 is 1.20 bits per heavy atom. The molecule has 200 valence electrons. The monoisotopic (exact) mass is 506 g/mol. The molecular formula is C28H50N4O2S. The van der Waals surface area contributed by atoms with Gasteiger partial charge in [-0.1, -0.05) is 46.2 Å². The predicted octanol–water partition coefficient (Wildman–Crippen LogP) is 5.58. The van der Waals surface area contributed by atoms with Gasteiger partial charge in [0.25, 0.3) is 0 Å². The molecule has 5 unspecified atom stereocenters. The number of carbonyl (C=O) groups excluding carboxylic acids is 2. The summed E-state index contributed by atoms with van der Waals surface area (Å²) in [6.45, 7) is 12.5. The van der Waals surface area contributed by atoms with Gasteiger partial charge < -0.3 is 21.2 Å². The van der Waals surface area contributed by atoms with E-state index in [9.17, 15) is 9.59 Å². The number of nitrogens with zero attached hydrogens (tertiary/aromatic N) is 1. The van der Waals surface area contributed by atoms with Gasteiger partial charge in [-0.05, 0) is 95.5 Å². The van der Waals surface area contributed by atoms with E-state index in [1.54, 1.807) is 11.9 Å². The van der Waals surface area contributed by atoms with Crippen LogP contribution in [0.2, 0.25) is 0 Å². The molecule has 6 nitrogen and oxygen atoms in total. The number of amides is 1. The van der Waals surface area contributed by atoms with Crippen LogP contribution < -0.4 is 16.4 Å². The summed E-state index contributed by atoms with van der Waals surface area (Å²) in [5, 5.41) is 6.62. The Morgan fingerprint density at radius 2 is 1.83 bits per heavy atom. The lowest BCUT2D eigenvalue weighted by atomic mass is 9.66. The van der Waals surface area contributed by atoms with Gasteiger partial charge in [0, 0.05) is 29.1 Å². The normalized spacial score (nSPS) is 24.2. The highest BCUT2D eigenvalue weighted by Gasteiger charge is 2.38. The van der Waals surface area contributed by atoms with Crippen LogP contribution in [-0.4, -0.2) is 49.2 Å². The number of hydrogen-bond acceptors (Lipinski definition) is 6. The number of primary amides is 1. The van der Waals surface area contributed by atoms with Crippen molar-refractivity contribution in [2.75, 3.05) is 26.5 Å². The van der Waals surface area contributed by atoms with E-state index < -0.39 is 5.54 Å². The average Bonchev–Trinajstić information content (AvgIpc) is 2.84. The van der Waals surface area contributed by atoms with E-state index in [-0.39, 0.29) is 11.3 Å². The van der Waals surface area contributed by atoms with Gasteiger partial charge in [0.15, 0.2) is 0 Å². The van der Waals surface area contributed by atoms with Crippen LogP contribution in [-0.2, 0) is 9.59 Å². The van der Waals surface area contributed by atoms with E-state index in [4.69, 9.17) is 5.73 Å². The summed E-state index contributed by atoms with van der Waals surface area (Å²) < 4.78 is 1.95. The van der Waals surface area contributed by atoms with E-state index in [1.807, 2.05) is 63.4 Å². The first kappa shape index (κ1) is 31.5. The van der Waals surface area contributed by atoms with Crippen molar-refractivity contribution in [2.45, 2.75) is 90.1 Å². The maximum absolute atomic E-state index is 11.7. The zero-order valence-corrected chi connectivity index (χ0v) is 24.3. The molecule has 0 saturated heterocycles. The minimum absolute atomic E-state index is 0.133. The molecule has 1 aliphatic rings. The maximum atomic E-state index is 11.7. The molecule has 0 heterocycles. The lowest BCUT2D eigenvalue weighted by Gasteiger charge is -2.42. The number of nitrogens with one attached hydrogen (secondary N) is 2. The van der Waals surface area contributed by atoms with Gasteiger partial charge in [0.1, 0.15) is 6.29 Å². The van der Waals surface area contributed by atoms with Gasteiger partial charge in [-0.25, -0.2) is 4.31 Å². The summed E-state index contributed by atoms with van der Waals surface area (Å²) in [5.74, 6) is 1.92.